The molecule has 2 N–H and O–H groups in total. The molecule has 106 valence electrons. The Hall–Kier alpha value is -1.60. The standard InChI is InChI=1S/C12H17NO5S/c1-13-12(14)10-4-6-11(7-5-10)18-8-2-3-9-19(15,16)17/h4-7H,2-3,8-9H2,1H3,(H,13,14)(H,15,16,17). The molecule has 0 aliphatic heterocycles. The molecule has 0 bridgehead atoms. The zero-order valence-electron chi connectivity index (χ0n) is 10.6. The SMILES string of the molecule is CNC(=O)c1ccc(OCCCCS(=O)(=O)O)cc1. The highest BCUT2D eigenvalue weighted by Gasteiger charge is 2.04. The number of hydrogen-bond donors (Lipinski definition) is 2. The molecule has 1 amide bonds. The third-order valence-corrected chi connectivity index (χ3v) is 3.21. The molecule has 0 saturated carbocycles. The van der Waals surface area contributed by atoms with E-state index in [1.165, 1.54) is 0 Å². The second-order valence-electron chi connectivity index (χ2n) is 3.95. The fraction of sp³-hybridized carbons (Fsp3) is 0.417. The Bertz CT molecular complexity index is 509. The fourth-order valence-corrected chi connectivity index (χ4v) is 1.99. The third kappa shape index (κ3) is 6.21. The van der Waals surface area contributed by atoms with Gasteiger partial charge >= 0.3 is 0 Å². The summed E-state index contributed by atoms with van der Waals surface area (Å²) >= 11 is 0. The molecule has 0 aliphatic carbocycles. The fourth-order valence-electron chi connectivity index (χ4n) is 1.42. The minimum Gasteiger partial charge on any atom is -0.494 e. The normalized spacial score (nSPS) is 11.1. The van der Waals surface area contributed by atoms with Crippen molar-refractivity contribution in [3.05, 3.63) is 29.8 Å². The van der Waals surface area contributed by atoms with Crippen LogP contribution in [0.1, 0.15) is 23.2 Å². The van der Waals surface area contributed by atoms with Crippen LogP contribution in [-0.2, 0) is 10.1 Å². The van der Waals surface area contributed by atoms with Gasteiger partial charge in [0.2, 0.25) is 0 Å². The minimum absolute atomic E-state index is 0.167. The number of ether oxygens (including phenoxy) is 1. The Morgan fingerprint density at radius 3 is 2.42 bits per heavy atom. The van der Waals surface area contributed by atoms with Gasteiger partial charge in [-0.15, -0.1) is 0 Å². The zero-order chi connectivity index (χ0) is 14.3. The Morgan fingerprint density at radius 2 is 1.89 bits per heavy atom. The average Bonchev–Trinajstić information content (AvgIpc) is 2.37. The lowest BCUT2D eigenvalue weighted by Gasteiger charge is -2.06. The highest BCUT2D eigenvalue weighted by atomic mass is 32.2. The molecule has 1 aromatic carbocycles. The van der Waals surface area contributed by atoms with Gasteiger partial charge in [-0.3, -0.25) is 9.35 Å². The number of carbonyl (C=O) groups excluding carboxylic acids is 1. The van der Waals surface area contributed by atoms with Crippen LogP contribution >= 0.6 is 0 Å². The van der Waals surface area contributed by atoms with Crippen LogP contribution in [0.3, 0.4) is 0 Å². The van der Waals surface area contributed by atoms with E-state index < -0.39 is 10.1 Å². The lowest BCUT2D eigenvalue weighted by molar-refractivity contribution is 0.0963. The number of amides is 1. The summed E-state index contributed by atoms with van der Waals surface area (Å²) in [7, 11) is -2.33. The topological polar surface area (TPSA) is 92.7 Å². The van der Waals surface area contributed by atoms with Gasteiger partial charge in [-0.2, -0.15) is 8.42 Å². The molecule has 1 aromatic rings. The van der Waals surface area contributed by atoms with Gasteiger partial charge in [0.1, 0.15) is 5.75 Å². The summed E-state index contributed by atoms with van der Waals surface area (Å²) in [4.78, 5) is 11.3. The largest absolute Gasteiger partial charge is 0.494 e. The van der Waals surface area contributed by atoms with Crippen molar-refractivity contribution in [2.24, 2.45) is 0 Å². The number of unbranched alkanes of at least 4 members (excludes halogenated alkanes) is 1. The summed E-state index contributed by atoms with van der Waals surface area (Å²) in [6.07, 6.45) is 0.867. The molecule has 0 radical (unpaired) electrons. The number of hydrogen-bond acceptors (Lipinski definition) is 4. The molecule has 6 nitrogen and oxygen atoms in total. The van der Waals surface area contributed by atoms with E-state index in [2.05, 4.69) is 5.32 Å². The van der Waals surface area contributed by atoms with E-state index in [9.17, 15) is 13.2 Å². The Labute approximate surface area is 112 Å². The minimum atomic E-state index is -3.89. The molecule has 7 heteroatoms. The monoisotopic (exact) mass is 287 g/mol. The molecule has 1 rings (SSSR count). The number of carbonyl (C=O) groups is 1. The lowest BCUT2D eigenvalue weighted by Crippen LogP contribution is -2.17. The van der Waals surface area contributed by atoms with Crippen molar-refractivity contribution in [2.45, 2.75) is 12.8 Å². The number of benzene rings is 1. The summed E-state index contributed by atoms with van der Waals surface area (Å²) in [6, 6.07) is 6.64. The quantitative estimate of drug-likeness (QED) is 0.578. The van der Waals surface area contributed by atoms with E-state index in [-0.39, 0.29) is 11.7 Å². The first-order valence-electron chi connectivity index (χ1n) is 5.82. The van der Waals surface area contributed by atoms with Crippen LogP contribution in [0.25, 0.3) is 0 Å². The van der Waals surface area contributed by atoms with E-state index in [4.69, 9.17) is 9.29 Å². The average molecular weight is 287 g/mol. The van der Waals surface area contributed by atoms with Gasteiger partial charge in [0, 0.05) is 12.6 Å². The van der Waals surface area contributed by atoms with Crippen LogP contribution in [0.15, 0.2) is 24.3 Å². The number of rotatable bonds is 7. The maximum Gasteiger partial charge on any atom is 0.264 e. The first kappa shape index (κ1) is 15.5. The van der Waals surface area contributed by atoms with Gasteiger partial charge in [-0.1, -0.05) is 0 Å². The van der Waals surface area contributed by atoms with Crippen molar-refractivity contribution in [1.82, 2.24) is 5.32 Å². The van der Waals surface area contributed by atoms with Crippen molar-refractivity contribution in [3.63, 3.8) is 0 Å². The molecular formula is C12H17NO5S. The van der Waals surface area contributed by atoms with Gasteiger partial charge in [-0.05, 0) is 37.1 Å². The van der Waals surface area contributed by atoms with Crippen molar-refractivity contribution >= 4 is 16.0 Å². The van der Waals surface area contributed by atoms with E-state index >= 15 is 0 Å². The maximum atomic E-state index is 11.3. The molecule has 0 aromatic heterocycles. The first-order chi connectivity index (χ1) is 8.92. The Morgan fingerprint density at radius 1 is 1.26 bits per heavy atom. The predicted molar refractivity (Wildman–Crippen MR) is 71.0 cm³/mol. The molecule has 0 aliphatic rings. The molecule has 0 fully saturated rings. The summed E-state index contributed by atoms with van der Waals surface area (Å²) in [6.45, 7) is 0.356. The van der Waals surface area contributed by atoms with Crippen LogP contribution in [-0.4, -0.2) is 38.3 Å². The highest BCUT2D eigenvalue weighted by molar-refractivity contribution is 7.85. The molecule has 19 heavy (non-hydrogen) atoms. The molecule has 0 saturated heterocycles. The van der Waals surface area contributed by atoms with E-state index in [0.717, 1.165) is 0 Å². The van der Waals surface area contributed by atoms with E-state index in [1.54, 1.807) is 31.3 Å². The molecule has 0 unspecified atom stereocenters. The van der Waals surface area contributed by atoms with Crippen LogP contribution in [0.2, 0.25) is 0 Å². The molecular weight excluding hydrogens is 270 g/mol. The van der Waals surface area contributed by atoms with Gasteiger partial charge in [-0.25, -0.2) is 0 Å². The Kier molecular flexibility index (Phi) is 5.78. The summed E-state index contributed by atoms with van der Waals surface area (Å²) in [5.41, 5.74) is 0.543. The summed E-state index contributed by atoms with van der Waals surface area (Å²) in [5, 5.41) is 2.51. The van der Waals surface area contributed by atoms with Gasteiger partial charge in [0.15, 0.2) is 0 Å². The third-order valence-electron chi connectivity index (χ3n) is 2.41. The second kappa shape index (κ2) is 7.10. The van der Waals surface area contributed by atoms with Crippen LogP contribution in [0.5, 0.6) is 5.75 Å². The molecule has 0 spiro atoms. The summed E-state index contributed by atoms with van der Waals surface area (Å²) < 4.78 is 34.9. The Balaban J connectivity index is 2.32. The van der Waals surface area contributed by atoms with Crippen molar-refractivity contribution < 1.29 is 22.5 Å². The van der Waals surface area contributed by atoms with Crippen molar-refractivity contribution in [2.75, 3.05) is 19.4 Å². The molecule has 0 atom stereocenters. The lowest BCUT2D eigenvalue weighted by atomic mass is 10.2. The summed E-state index contributed by atoms with van der Waals surface area (Å²) in [5.74, 6) is 0.186. The van der Waals surface area contributed by atoms with Crippen LogP contribution in [0, 0.1) is 0 Å². The smallest absolute Gasteiger partial charge is 0.264 e. The van der Waals surface area contributed by atoms with E-state index in [0.29, 0.717) is 30.8 Å². The van der Waals surface area contributed by atoms with Crippen molar-refractivity contribution in [3.8, 4) is 5.75 Å². The zero-order valence-corrected chi connectivity index (χ0v) is 11.4. The predicted octanol–water partition coefficient (Wildman–Crippen LogP) is 1.09. The van der Waals surface area contributed by atoms with Crippen LogP contribution in [0.4, 0.5) is 0 Å². The molecule has 0 heterocycles. The van der Waals surface area contributed by atoms with Gasteiger partial charge in [0.05, 0.1) is 12.4 Å². The highest BCUT2D eigenvalue weighted by Crippen LogP contribution is 2.12. The van der Waals surface area contributed by atoms with Crippen LogP contribution < -0.4 is 10.1 Å². The van der Waals surface area contributed by atoms with Gasteiger partial charge in [0.25, 0.3) is 16.0 Å². The first-order valence-corrected chi connectivity index (χ1v) is 7.43. The number of nitrogens with one attached hydrogen (secondary N) is 1. The van der Waals surface area contributed by atoms with E-state index in [1.807, 2.05) is 0 Å². The maximum absolute atomic E-state index is 11.3. The van der Waals surface area contributed by atoms with Gasteiger partial charge < -0.3 is 10.1 Å². The second-order valence-corrected chi connectivity index (χ2v) is 5.52. The van der Waals surface area contributed by atoms with Crippen molar-refractivity contribution in [1.29, 1.82) is 0 Å².